The number of carboxylic acid groups (broad SMARTS) is 1. The Morgan fingerprint density at radius 2 is 1.90 bits per heavy atom. The molecule has 6 nitrogen and oxygen atoms in total. The molecule has 0 bridgehead atoms. The van der Waals surface area contributed by atoms with Crippen molar-refractivity contribution in [2.75, 3.05) is 13.1 Å². The molecule has 2 aliphatic rings. The van der Waals surface area contributed by atoms with Gasteiger partial charge in [0.25, 0.3) is 0 Å². The van der Waals surface area contributed by atoms with Gasteiger partial charge in [0.05, 0.1) is 5.41 Å². The first kappa shape index (κ1) is 14.8. The van der Waals surface area contributed by atoms with Crippen LogP contribution < -0.4 is 5.32 Å². The topological polar surface area (TPSA) is 86.7 Å². The molecule has 1 aliphatic heterocycles. The number of carboxylic acids is 1. The normalized spacial score (nSPS) is 24.3. The maximum absolute atomic E-state index is 12.5. The molecule has 1 saturated heterocycles. The van der Waals surface area contributed by atoms with Gasteiger partial charge in [0.2, 0.25) is 11.8 Å². The molecule has 0 atom stereocenters. The van der Waals surface area contributed by atoms with Crippen LogP contribution in [0.2, 0.25) is 0 Å². The molecule has 1 aliphatic carbocycles. The fraction of sp³-hybridized carbons (Fsp3) is 0.786. The molecule has 2 amide bonds. The number of amides is 2. The molecule has 0 aromatic heterocycles. The summed E-state index contributed by atoms with van der Waals surface area (Å²) in [7, 11) is 0. The number of aliphatic carboxylic acids is 1. The summed E-state index contributed by atoms with van der Waals surface area (Å²) in [4.78, 5) is 37.4. The number of rotatable bonds is 3. The fourth-order valence-corrected chi connectivity index (χ4v) is 3.24. The molecule has 2 rings (SSSR count). The van der Waals surface area contributed by atoms with Gasteiger partial charge in [-0.2, -0.15) is 0 Å². The summed E-state index contributed by atoms with van der Waals surface area (Å²) < 4.78 is 0. The summed E-state index contributed by atoms with van der Waals surface area (Å²) >= 11 is 0. The van der Waals surface area contributed by atoms with Crippen LogP contribution in [0.1, 0.15) is 46.0 Å². The Morgan fingerprint density at radius 1 is 1.30 bits per heavy atom. The third-order valence-corrected chi connectivity index (χ3v) is 4.66. The monoisotopic (exact) mass is 282 g/mol. The Kier molecular flexibility index (Phi) is 3.75. The zero-order valence-corrected chi connectivity index (χ0v) is 12.1. The van der Waals surface area contributed by atoms with Crippen LogP contribution in [0.15, 0.2) is 0 Å². The van der Waals surface area contributed by atoms with E-state index in [-0.39, 0.29) is 18.2 Å². The van der Waals surface area contributed by atoms with Gasteiger partial charge in [-0.25, -0.2) is 0 Å². The Hall–Kier alpha value is -1.59. The van der Waals surface area contributed by atoms with Crippen molar-refractivity contribution in [3.63, 3.8) is 0 Å². The average Bonchev–Trinajstić information content (AvgIpc) is 2.82. The molecule has 1 saturated carbocycles. The van der Waals surface area contributed by atoms with Gasteiger partial charge in [-0.3, -0.25) is 14.4 Å². The minimum absolute atomic E-state index is 0.000949. The Labute approximate surface area is 118 Å². The van der Waals surface area contributed by atoms with Crippen molar-refractivity contribution in [1.82, 2.24) is 10.2 Å². The van der Waals surface area contributed by atoms with Gasteiger partial charge in [-0.1, -0.05) is 12.8 Å². The molecule has 112 valence electrons. The Bertz CT molecular complexity index is 438. The van der Waals surface area contributed by atoms with Crippen molar-refractivity contribution in [3.8, 4) is 0 Å². The lowest BCUT2D eigenvalue weighted by Crippen LogP contribution is -2.63. The van der Waals surface area contributed by atoms with Crippen LogP contribution in [0.5, 0.6) is 0 Å². The molecule has 0 unspecified atom stereocenters. The highest BCUT2D eigenvalue weighted by molar-refractivity contribution is 5.93. The van der Waals surface area contributed by atoms with E-state index in [0.717, 1.165) is 12.8 Å². The number of nitrogens with zero attached hydrogens (tertiary/aromatic N) is 1. The van der Waals surface area contributed by atoms with Crippen LogP contribution in [-0.2, 0) is 14.4 Å². The van der Waals surface area contributed by atoms with Gasteiger partial charge in [0.1, 0.15) is 5.54 Å². The fourth-order valence-electron chi connectivity index (χ4n) is 3.24. The van der Waals surface area contributed by atoms with Crippen molar-refractivity contribution >= 4 is 17.8 Å². The lowest BCUT2D eigenvalue weighted by molar-refractivity contribution is -0.157. The summed E-state index contributed by atoms with van der Waals surface area (Å²) in [5.74, 6) is -1.30. The van der Waals surface area contributed by atoms with Crippen LogP contribution in [-0.4, -0.2) is 46.4 Å². The smallest absolute Gasteiger partial charge is 0.310 e. The maximum Gasteiger partial charge on any atom is 0.310 e. The number of carbonyl (C=O) groups is 3. The van der Waals surface area contributed by atoms with Crippen LogP contribution >= 0.6 is 0 Å². The second-order valence-electron chi connectivity index (χ2n) is 6.33. The molecule has 2 fully saturated rings. The first-order valence-electron chi connectivity index (χ1n) is 7.12. The molecule has 0 radical (unpaired) electrons. The van der Waals surface area contributed by atoms with Gasteiger partial charge in [0, 0.05) is 19.5 Å². The largest absolute Gasteiger partial charge is 0.481 e. The van der Waals surface area contributed by atoms with Crippen molar-refractivity contribution in [2.45, 2.75) is 51.5 Å². The summed E-state index contributed by atoms with van der Waals surface area (Å²) in [6.45, 7) is 4.25. The Morgan fingerprint density at radius 3 is 2.45 bits per heavy atom. The average molecular weight is 282 g/mol. The first-order chi connectivity index (χ1) is 9.29. The van der Waals surface area contributed by atoms with Crippen LogP contribution in [0.3, 0.4) is 0 Å². The van der Waals surface area contributed by atoms with E-state index in [4.69, 9.17) is 0 Å². The minimum atomic E-state index is -0.929. The molecule has 0 aromatic rings. The van der Waals surface area contributed by atoms with E-state index in [1.165, 1.54) is 4.90 Å². The van der Waals surface area contributed by atoms with Crippen LogP contribution in [0.25, 0.3) is 0 Å². The minimum Gasteiger partial charge on any atom is -0.481 e. The molecule has 2 N–H and O–H groups in total. The highest BCUT2D eigenvalue weighted by Gasteiger charge is 2.47. The lowest BCUT2D eigenvalue weighted by Gasteiger charge is -2.42. The Balaban J connectivity index is 2.15. The van der Waals surface area contributed by atoms with E-state index >= 15 is 0 Å². The van der Waals surface area contributed by atoms with Gasteiger partial charge >= 0.3 is 5.97 Å². The zero-order valence-electron chi connectivity index (χ0n) is 12.1. The number of nitrogens with one attached hydrogen (secondary N) is 1. The van der Waals surface area contributed by atoms with Gasteiger partial charge in [-0.15, -0.1) is 0 Å². The summed E-state index contributed by atoms with van der Waals surface area (Å²) in [6.07, 6.45) is 2.80. The molecule has 20 heavy (non-hydrogen) atoms. The number of carbonyl (C=O) groups excluding carboxylic acids is 2. The third kappa shape index (κ3) is 2.39. The highest BCUT2D eigenvalue weighted by atomic mass is 16.4. The van der Waals surface area contributed by atoms with Gasteiger partial charge in [0.15, 0.2) is 0 Å². The van der Waals surface area contributed by atoms with Crippen molar-refractivity contribution in [3.05, 3.63) is 0 Å². The number of piperazine rings is 1. The van der Waals surface area contributed by atoms with Crippen molar-refractivity contribution in [2.24, 2.45) is 5.41 Å². The molecular weight excluding hydrogens is 260 g/mol. The highest BCUT2D eigenvalue weighted by Crippen LogP contribution is 2.42. The number of hydrogen-bond acceptors (Lipinski definition) is 3. The third-order valence-electron chi connectivity index (χ3n) is 4.66. The van der Waals surface area contributed by atoms with E-state index in [9.17, 15) is 19.5 Å². The second kappa shape index (κ2) is 5.07. The molecule has 1 heterocycles. The van der Waals surface area contributed by atoms with Gasteiger partial charge < -0.3 is 15.3 Å². The summed E-state index contributed by atoms with van der Waals surface area (Å²) in [6, 6.07) is 0. The van der Waals surface area contributed by atoms with E-state index < -0.39 is 16.9 Å². The predicted octanol–water partition coefficient (Wildman–Crippen LogP) is 0.758. The zero-order chi connectivity index (χ0) is 15.0. The van der Waals surface area contributed by atoms with Crippen LogP contribution in [0, 0.1) is 5.41 Å². The first-order valence-corrected chi connectivity index (χ1v) is 7.12. The van der Waals surface area contributed by atoms with Crippen molar-refractivity contribution in [1.29, 1.82) is 0 Å². The van der Waals surface area contributed by atoms with E-state index in [0.29, 0.717) is 25.9 Å². The standard InChI is InChI=1S/C14H22N2O4/c1-13(2)11(18)15-7-8-16(13)10(17)9-14(12(19)20)5-3-4-6-14/h3-9H2,1-2H3,(H,15,18)(H,19,20). The van der Waals surface area contributed by atoms with E-state index in [1.54, 1.807) is 13.8 Å². The SMILES string of the molecule is CC1(C)C(=O)NCCN1C(=O)CC1(C(=O)O)CCCC1. The van der Waals surface area contributed by atoms with E-state index in [1.807, 2.05) is 0 Å². The molecule has 0 spiro atoms. The summed E-state index contributed by atoms with van der Waals surface area (Å²) in [5, 5.41) is 12.2. The van der Waals surface area contributed by atoms with Crippen molar-refractivity contribution < 1.29 is 19.5 Å². The van der Waals surface area contributed by atoms with Gasteiger partial charge in [-0.05, 0) is 26.7 Å². The molecule has 0 aromatic carbocycles. The summed E-state index contributed by atoms with van der Waals surface area (Å²) in [5.41, 5.74) is -1.84. The number of hydrogen-bond donors (Lipinski definition) is 2. The maximum atomic E-state index is 12.5. The predicted molar refractivity (Wildman–Crippen MR) is 72.0 cm³/mol. The lowest BCUT2D eigenvalue weighted by atomic mass is 9.81. The molecular formula is C14H22N2O4. The second-order valence-corrected chi connectivity index (χ2v) is 6.33. The van der Waals surface area contributed by atoms with E-state index in [2.05, 4.69) is 5.32 Å². The quantitative estimate of drug-likeness (QED) is 0.800. The molecule has 6 heteroatoms. The van der Waals surface area contributed by atoms with Crippen LogP contribution in [0.4, 0.5) is 0 Å².